The van der Waals surface area contributed by atoms with Crippen LogP contribution in [-0.2, 0) is 0 Å². The number of aliphatic hydroxyl groups excluding tert-OH is 1. The fourth-order valence-electron chi connectivity index (χ4n) is 3.75. The van der Waals surface area contributed by atoms with Gasteiger partial charge in [-0.15, -0.1) is 0 Å². The molecule has 0 radical (unpaired) electrons. The Balaban J connectivity index is 2.38. The van der Waals surface area contributed by atoms with E-state index in [-0.39, 0.29) is 17.4 Å². The first kappa shape index (κ1) is 13.1. The van der Waals surface area contributed by atoms with Crippen LogP contribution < -0.4 is 0 Å². The average molecular weight is 238 g/mol. The van der Waals surface area contributed by atoms with Crippen molar-refractivity contribution in [2.75, 3.05) is 6.61 Å². The van der Waals surface area contributed by atoms with Crippen molar-refractivity contribution in [3.05, 3.63) is 11.6 Å². The standard InChI is InChI=1S/C15H26O2/c1-13-6-4-7-14(2,11-16)12(13)5-8-15(3,17)10-9-13/h5,16-17H,4,6-11H2,1-3H3/t13-,14+,15-/m1/s1. The quantitative estimate of drug-likeness (QED) is 0.689. The van der Waals surface area contributed by atoms with Gasteiger partial charge in [-0.1, -0.05) is 31.9 Å². The number of aliphatic hydroxyl groups is 2. The average Bonchev–Trinajstić information content (AvgIpc) is 2.37. The molecule has 0 unspecified atom stereocenters. The molecule has 2 aliphatic carbocycles. The van der Waals surface area contributed by atoms with Gasteiger partial charge in [-0.25, -0.2) is 0 Å². The molecule has 98 valence electrons. The van der Waals surface area contributed by atoms with Crippen molar-refractivity contribution in [2.45, 2.75) is 64.9 Å². The lowest BCUT2D eigenvalue weighted by atomic mass is 9.59. The highest BCUT2D eigenvalue weighted by atomic mass is 16.3. The summed E-state index contributed by atoms with van der Waals surface area (Å²) < 4.78 is 0. The first-order chi connectivity index (χ1) is 7.81. The first-order valence-electron chi connectivity index (χ1n) is 6.86. The van der Waals surface area contributed by atoms with E-state index >= 15 is 0 Å². The van der Waals surface area contributed by atoms with Gasteiger partial charge in [0.05, 0.1) is 12.2 Å². The molecular weight excluding hydrogens is 212 g/mol. The second-order valence-electron chi connectivity index (χ2n) is 6.95. The second-order valence-corrected chi connectivity index (χ2v) is 6.95. The lowest BCUT2D eigenvalue weighted by Crippen LogP contribution is -2.38. The summed E-state index contributed by atoms with van der Waals surface area (Å²) in [6.07, 6.45) is 8.33. The summed E-state index contributed by atoms with van der Waals surface area (Å²) in [5, 5.41) is 20.0. The molecule has 0 heterocycles. The Morgan fingerprint density at radius 3 is 2.47 bits per heavy atom. The molecule has 1 saturated carbocycles. The van der Waals surface area contributed by atoms with Gasteiger partial charge in [-0.3, -0.25) is 0 Å². The highest BCUT2D eigenvalue weighted by Crippen LogP contribution is 2.55. The Morgan fingerprint density at radius 2 is 1.82 bits per heavy atom. The van der Waals surface area contributed by atoms with E-state index in [1.165, 1.54) is 18.4 Å². The molecule has 3 atom stereocenters. The van der Waals surface area contributed by atoms with Gasteiger partial charge in [0.1, 0.15) is 0 Å². The van der Waals surface area contributed by atoms with Crippen molar-refractivity contribution in [1.82, 2.24) is 0 Å². The minimum atomic E-state index is -0.566. The van der Waals surface area contributed by atoms with Crippen LogP contribution in [0.1, 0.15) is 59.3 Å². The molecule has 0 amide bonds. The van der Waals surface area contributed by atoms with Crippen molar-refractivity contribution in [3.8, 4) is 0 Å². The Morgan fingerprint density at radius 1 is 1.12 bits per heavy atom. The Labute approximate surface area is 105 Å². The summed E-state index contributed by atoms with van der Waals surface area (Å²) in [5.41, 5.74) is 0.962. The van der Waals surface area contributed by atoms with Gasteiger partial charge in [0.25, 0.3) is 0 Å². The number of rotatable bonds is 1. The monoisotopic (exact) mass is 238 g/mol. The van der Waals surface area contributed by atoms with Crippen molar-refractivity contribution in [3.63, 3.8) is 0 Å². The Kier molecular flexibility index (Phi) is 3.16. The fraction of sp³-hybridized carbons (Fsp3) is 0.867. The smallest absolute Gasteiger partial charge is 0.0654 e. The molecule has 2 heteroatoms. The van der Waals surface area contributed by atoms with Crippen LogP contribution in [-0.4, -0.2) is 22.4 Å². The van der Waals surface area contributed by atoms with Crippen LogP contribution in [0.3, 0.4) is 0 Å². The molecule has 2 nitrogen and oxygen atoms in total. The molecule has 0 bridgehead atoms. The van der Waals surface area contributed by atoms with E-state index < -0.39 is 5.60 Å². The van der Waals surface area contributed by atoms with E-state index in [4.69, 9.17) is 0 Å². The molecule has 0 aromatic heterocycles. The van der Waals surface area contributed by atoms with Crippen molar-refractivity contribution < 1.29 is 10.2 Å². The zero-order valence-corrected chi connectivity index (χ0v) is 11.4. The van der Waals surface area contributed by atoms with Crippen LogP contribution in [0, 0.1) is 10.8 Å². The van der Waals surface area contributed by atoms with Crippen molar-refractivity contribution in [1.29, 1.82) is 0 Å². The molecule has 0 saturated heterocycles. The van der Waals surface area contributed by atoms with E-state index in [9.17, 15) is 10.2 Å². The lowest BCUT2D eigenvalue weighted by molar-refractivity contribution is 0.0412. The number of hydrogen-bond donors (Lipinski definition) is 2. The topological polar surface area (TPSA) is 40.5 Å². The van der Waals surface area contributed by atoms with Crippen molar-refractivity contribution in [2.24, 2.45) is 10.8 Å². The maximum atomic E-state index is 10.3. The summed E-state index contributed by atoms with van der Waals surface area (Å²) >= 11 is 0. The molecule has 2 N–H and O–H groups in total. The maximum absolute atomic E-state index is 10.3. The summed E-state index contributed by atoms with van der Waals surface area (Å²) in [5.74, 6) is 0. The van der Waals surface area contributed by atoms with Gasteiger partial charge in [-0.05, 0) is 44.4 Å². The van der Waals surface area contributed by atoms with Crippen molar-refractivity contribution >= 4 is 0 Å². The summed E-state index contributed by atoms with van der Waals surface area (Å²) in [6.45, 7) is 6.65. The predicted molar refractivity (Wildman–Crippen MR) is 69.7 cm³/mol. The molecular formula is C15H26O2. The molecule has 2 rings (SSSR count). The van der Waals surface area contributed by atoms with Gasteiger partial charge < -0.3 is 10.2 Å². The highest BCUT2D eigenvalue weighted by Gasteiger charge is 2.45. The van der Waals surface area contributed by atoms with E-state index in [1.54, 1.807) is 0 Å². The SMILES string of the molecule is C[C@@]1(O)CC=C2[C@](C)(CCC[C@@]2(C)CO)CC1. The van der Waals surface area contributed by atoms with E-state index in [0.29, 0.717) is 0 Å². The molecule has 1 fully saturated rings. The highest BCUT2D eigenvalue weighted by molar-refractivity contribution is 5.26. The minimum Gasteiger partial charge on any atom is -0.395 e. The number of fused-ring (bicyclic) bond motifs is 1. The molecule has 0 spiro atoms. The van der Waals surface area contributed by atoms with Crippen LogP contribution in [0.2, 0.25) is 0 Å². The third-order valence-corrected chi connectivity index (χ3v) is 5.07. The van der Waals surface area contributed by atoms with E-state index in [2.05, 4.69) is 19.9 Å². The van der Waals surface area contributed by atoms with Gasteiger partial charge in [0, 0.05) is 5.41 Å². The normalized spacial score (nSPS) is 47.0. The Hall–Kier alpha value is -0.340. The van der Waals surface area contributed by atoms with Gasteiger partial charge >= 0.3 is 0 Å². The van der Waals surface area contributed by atoms with Crippen LogP contribution in [0.15, 0.2) is 11.6 Å². The maximum Gasteiger partial charge on any atom is 0.0654 e. The zero-order chi connectivity index (χ0) is 12.7. The van der Waals surface area contributed by atoms with Crippen LogP contribution in [0.25, 0.3) is 0 Å². The van der Waals surface area contributed by atoms with E-state index in [1.807, 2.05) is 6.92 Å². The fourth-order valence-corrected chi connectivity index (χ4v) is 3.75. The van der Waals surface area contributed by atoms with Crippen LogP contribution >= 0.6 is 0 Å². The summed E-state index contributed by atoms with van der Waals surface area (Å²) in [6, 6.07) is 0. The minimum absolute atomic E-state index is 0.0621. The third-order valence-electron chi connectivity index (χ3n) is 5.07. The van der Waals surface area contributed by atoms with Crippen LogP contribution in [0.4, 0.5) is 0 Å². The summed E-state index contributed by atoms with van der Waals surface area (Å²) in [7, 11) is 0. The second kappa shape index (κ2) is 4.10. The Bertz CT molecular complexity index is 332. The molecule has 2 aliphatic rings. The molecule has 0 aromatic carbocycles. The first-order valence-corrected chi connectivity index (χ1v) is 6.86. The molecule has 0 aromatic rings. The predicted octanol–water partition coefficient (Wildman–Crippen LogP) is 3.04. The van der Waals surface area contributed by atoms with Gasteiger partial charge in [-0.2, -0.15) is 0 Å². The zero-order valence-electron chi connectivity index (χ0n) is 11.4. The van der Waals surface area contributed by atoms with E-state index in [0.717, 1.165) is 25.7 Å². The molecule has 0 aliphatic heterocycles. The van der Waals surface area contributed by atoms with Gasteiger partial charge in [0.15, 0.2) is 0 Å². The van der Waals surface area contributed by atoms with Gasteiger partial charge in [0.2, 0.25) is 0 Å². The largest absolute Gasteiger partial charge is 0.395 e. The van der Waals surface area contributed by atoms with Crippen LogP contribution in [0.5, 0.6) is 0 Å². The molecule has 17 heavy (non-hydrogen) atoms. The third kappa shape index (κ3) is 2.30. The number of hydrogen-bond acceptors (Lipinski definition) is 2. The summed E-state index contributed by atoms with van der Waals surface area (Å²) in [4.78, 5) is 0. The lowest BCUT2D eigenvalue weighted by Gasteiger charge is -2.47.